The zero-order chi connectivity index (χ0) is 21.8. The molecule has 2 aromatic heterocycles. The second kappa shape index (κ2) is 8.74. The Morgan fingerprint density at radius 1 is 1.03 bits per heavy atom. The van der Waals surface area contributed by atoms with Crippen molar-refractivity contribution in [2.75, 3.05) is 11.9 Å². The molecule has 2 aromatic carbocycles. The van der Waals surface area contributed by atoms with Crippen molar-refractivity contribution in [3.63, 3.8) is 0 Å². The van der Waals surface area contributed by atoms with E-state index in [0.29, 0.717) is 17.7 Å². The molecule has 0 bridgehead atoms. The van der Waals surface area contributed by atoms with Crippen molar-refractivity contribution in [3.05, 3.63) is 71.4 Å². The number of hydrogen-bond acceptors (Lipinski definition) is 7. The van der Waals surface area contributed by atoms with Crippen LogP contribution in [-0.4, -0.2) is 33.7 Å². The highest BCUT2D eigenvalue weighted by atomic mass is 16.5. The van der Waals surface area contributed by atoms with Gasteiger partial charge in [0.2, 0.25) is 5.89 Å². The largest absolute Gasteiger partial charge is 0.452 e. The van der Waals surface area contributed by atoms with Crippen LogP contribution in [0, 0.1) is 6.92 Å². The van der Waals surface area contributed by atoms with Crippen molar-refractivity contribution in [1.82, 2.24) is 15.2 Å². The number of carbonyl (C=O) groups excluding carboxylic acids is 2. The fourth-order valence-electron chi connectivity index (χ4n) is 3.30. The van der Waals surface area contributed by atoms with E-state index in [1.54, 1.807) is 0 Å². The van der Waals surface area contributed by atoms with E-state index < -0.39 is 18.5 Å². The molecular weight excluding hydrogens is 396 g/mol. The number of aromatic nitrogens is 3. The number of ether oxygens (including phenoxy) is 1. The number of nitrogens with one attached hydrogen (secondary N) is 1. The van der Waals surface area contributed by atoms with Gasteiger partial charge < -0.3 is 9.15 Å². The van der Waals surface area contributed by atoms with Gasteiger partial charge in [-0.05, 0) is 37.1 Å². The van der Waals surface area contributed by atoms with Gasteiger partial charge in [0.15, 0.2) is 6.61 Å². The number of para-hydroxylation sites is 1. The number of fused-ring (bicyclic) bond motifs is 1. The van der Waals surface area contributed by atoms with E-state index in [0.717, 1.165) is 22.0 Å². The molecule has 0 spiro atoms. The smallest absolute Gasteiger partial charge is 0.340 e. The third kappa shape index (κ3) is 4.28. The quantitative estimate of drug-likeness (QED) is 0.474. The predicted molar refractivity (Wildman–Crippen MR) is 115 cm³/mol. The third-order valence-corrected chi connectivity index (χ3v) is 4.79. The lowest BCUT2D eigenvalue weighted by molar-refractivity contribution is -0.119. The molecule has 0 radical (unpaired) electrons. The standard InChI is InChI=1S/C23H20N4O4/c1-3-17-20(14(2)16-11-7-8-12-18(16)24-17)22(29)30-13-19(28)25-23-27-26-21(31-23)15-9-5-4-6-10-15/h4-12H,3,13H2,1-2H3,(H,25,27,28). The Morgan fingerprint density at radius 2 is 1.77 bits per heavy atom. The van der Waals surface area contributed by atoms with Crippen LogP contribution >= 0.6 is 0 Å². The number of carbonyl (C=O) groups is 2. The van der Waals surface area contributed by atoms with Crippen molar-refractivity contribution in [3.8, 4) is 11.5 Å². The zero-order valence-corrected chi connectivity index (χ0v) is 17.1. The van der Waals surface area contributed by atoms with Crippen LogP contribution in [0.3, 0.4) is 0 Å². The molecule has 0 fully saturated rings. The summed E-state index contributed by atoms with van der Waals surface area (Å²) in [5.41, 5.74) is 3.34. The summed E-state index contributed by atoms with van der Waals surface area (Å²) in [6, 6.07) is 16.7. The van der Waals surface area contributed by atoms with Gasteiger partial charge in [-0.15, -0.1) is 5.10 Å². The minimum Gasteiger partial charge on any atom is -0.452 e. The van der Waals surface area contributed by atoms with E-state index in [1.165, 1.54) is 0 Å². The van der Waals surface area contributed by atoms with Crippen LogP contribution in [0.15, 0.2) is 59.0 Å². The number of anilines is 1. The fourth-order valence-corrected chi connectivity index (χ4v) is 3.30. The highest BCUT2D eigenvalue weighted by Gasteiger charge is 2.20. The minimum atomic E-state index is -0.599. The molecule has 2 heterocycles. The SMILES string of the molecule is CCc1nc2ccccc2c(C)c1C(=O)OCC(=O)Nc1nnc(-c2ccccc2)o1. The van der Waals surface area contributed by atoms with E-state index in [4.69, 9.17) is 9.15 Å². The van der Waals surface area contributed by atoms with E-state index in [2.05, 4.69) is 20.5 Å². The first-order valence-corrected chi connectivity index (χ1v) is 9.81. The summed E-state index contributed by atoms with van der Waals surface area (Å²) in [7, 11) is 0. The van der Waals surface area contributed by atoms with Crippen LogP contribution in [0.1, 0.15) is 28.5 Å². The predicted octanol–water partition coefficient (Wildman–Crippen LogP) is 3.95. The summed E-state index contributed by atoms with van der Waals surface area (Å²) in [4.78, 5) is 29.5. The molecule has 0 saturated carbocycles. The monoisotopic (exact) mass is 416 g/mol. The molecule has 8 heteroatoms. The lowest BCUT2D eigenvalue weighted by Crippen LogP contribution is -2.22. The molecule has 0 aliphatic heterocycles. The van der Waals surface area contributed by atoms with Gasteiger partial charge in [-0.2, -0.15) is 0 Å². The molecule has 0 aliphatic rings. The summed E-state index contributed by atoms with van der Waals surface area (Å²) in [5.74, 6) is -0.905. The van der Waals surface area contributed by atoms with E-state index in [-0.39, 0.29) is 11.9 Å². The van der Waals surface area contributed by atoms with Crippen LogP contribution < -0.4 is 5.32 Å². The van der Waals surface area contributed by atoms with Crippen molar-refractivity contribution in [2.45, 2.75) is 20.3 Å². The zero-order valence-electron chi connectivity index (χ0n) is 17.1. The number of esters is 1. The molecule has 4 rings (SSSR count). The first-order chi connectivity index (χ1) is 15.1. The van der Waals surface area contributed by atoms with Gasteiger partial charge in [-0.3, -0.25) is 15.1 Å². The Bertz CT molecular complexity index is 1250. The lowest BCUT2D eigenvalue weighted by atomic mass is 10.0. The van der Waals surface area contributed by atoms with Crippen LogP contribution in [0.4, 0.5) is 6.01 Å². The lowest BCUT2D eigenvalue weighted by Gasteiger charge is -2.13. The Morgan fingerprint density at radius 3 is 2.55 bits per heavy atom. The van der Waals surface area contributed by atoms with Gasteiger partial charge >= 0.3 is 12.0 Å². The maximum absolute atomic E-state index is 12.7. The van der Waals surface area contributed by atoms with E-state index in [1.807, 2.05) is 68.4 Å². The maximum atomic E-state index is 12.7. The molecule has 156 valence electrons. The summed E-state index contributed by atoms with van der Waals surface area (Å²) >= 11 is 0. The Labute approximate surface area is 178 Å². The highest BCUT2D eigenvalue weighted by Crippen LogP contribution is 2.24. The van der Waals surface area contributed by atoms with E-state index >= 15 is 0 Å². The number of nitrogens with zero attached hydrogens (tertiary/aromatic N) is 3. The number of hydrogen-bond donors (Lipinski definition) is 1. The van der Waals surface area contributed by atoms with Crippen molar-refractivity contribution in [1.29, 1.82) is 0 Å². The van der Waals surface area contributed by atoms with Gasteiger partial charge in [-0.25, -0.2) is 4.79 Å². The maximum Gasteiger partial charge on any atom is 0.340 e. The Kier molecular flexibility index (Phi) is 5.70. The normalized spacial score (nSPS) is 10.8. The second-order valence-corrected chi connectivity index (χ2v) is 6.83. The number of amides is 1. The molecule has 0 saturated heterocycles. The molecule has 1 amide bonds. The molecule has 31 heavy (non-hydrogen) atoms. The topological polar surface area (TPSA) is 107 Å². The average molecular weight is 416 g/mol. The van der Waals surface area contributed by atoms with Crippen molar-refractivity contribution >= 4 is 28.8 Å². The summed E-state index contributed by atoms with van der Waals surface area (Å²) < 4.78 is 10.7. The molecule has 8 nitrogen and oxygen atoms in total. The first kappa shape index (κ1) is 20.2. The van der Waals surface area contributed by atoms with Gasteiger partial charge in [0.25, 0.3) is 5.91 Å². The fraction of sp³-hybridized carbons (Fsp3) is 0.174. The Hall–Kier alpha value is -4.07. The average Bonchev–Trinajstić information content (AvgIpc) is 3.26. The second-order valence-electron chi connectivity index (χ2n) is 6.83. The molecule has 0 aliphatic carbocycles. The first-order valence-electron chi connectivity index (χ1n) is 9.81. The van der Waals surface area contributed by atoms with Crippen LogP contribution in [-0.2, 0) is 16.0 Å². The van der Waals surface area contributed by atoms with Crippen LogP contribution in [0.25, 0.3) is 22.4 Å². The minimum absolute atomic E-state index is 0.0716. The van der Waals surface area contributed by atoms with Crippen molar-refractivity contribution in [2.24, 2.45) is 0 Å². The summed E-state index contributed by atoms with van der Waals surface area (Å²) in [5, 5.41) is 11.0. The molecular formula is C23H20N4O4. The molecule has 1 N–H and O–H groups in total. The summed E-state index contributed by atoms with van der Waals surface area (Å²) in [6.07, 6.45) is 0.562. The number of rotatable bonds is 6. The van der Waals surface area contributed by atoms with Gasteiger partial charge in [0, 0.05) is 10.9 Å². The molecule has 0 atom stereocenters. The van der Waals surface area contributed by atoms with Crippen LogP contribution in [0.2, 0.25) is 0 Å². The summed E-state index contributed by atoms with van der Waals surface area (Å²) in [6.45, 7) is 3.28. The van der Waals surface area contributed by atoms with Gasteiger partial charge in [0.1, 0.15) is 0 Å². The molecule has 4 aromatic rings. The number of benzene rings is 2. The van der Waals surface area contributed by atoms with Crippen molar-refractivity contribution < 1.29 is 18.7 Å². The third-order valence-electron chi connectivity index (χ3n) is 4.79. The van der Waals surface area contributed by atoms with Crippen LogP contribution in [0.5, 0.6) is 0 Å². The number of pyridine rings is 1. The van der Waals surface area contributed by atoms with Gasteiger partial charge in [0.05, 0.1) is 16.8 Å². The number of aryl methyl sites for hydroxylation is 2. The van der Waals surface area contributed by atoms with Gasteiger partial charge in [-0.1, -0.05) is 48.4 Å². The molecule has 0 unspecified atom stereocenters. The van der Waals surface area contributed by atoms with E-state index in [9.17, 15) is 9.59 Å². The highest BCUT2D eigenvalue weighted by molar-refractivity contribution is 6.00. The Balaban J connectivity index is 1.44.